The van der Waals surface area contributed by atoms with E-state index in [1.54, 1.807) is 0 Å². The van der Waals surface area contributed by atoms with Crippen LogP contribution in [0.1, 0.15) is 52.9 Å². The number of amides is 3. The maximum atomic E-state index is 13.0. The fraction of sp³-hybridized carbons (Fsp3) is 0.778. The molecule has 2 rings (SSSR count). The number of ketones is 1. The fourth-order valence-corrected chi connectivity index (χ4v) is 3.83. The summed E-state index contributed by atoms with van der Waals surface area (Å²) in [6.45, 7) is 6.22. The molecule has 0 unspecified atom stereocenters. The Morgan fingerprint density at radius 3 is 2.52 bits per heavy atom. The molecule has 0 aromatic rings. The summed E-state index contributed by atoms with van der Waals surface area (Å²) in [6, 6.07) is -1.29. The molecule has 0 aromatic carbocycles. The minimum atomic E-state index is -0.694. The minimum Gasteiger partial charge on any atom is -0.368 e. The number of nitrogens with one attached hydrogen (secondary N) is 1. The van der Waals surface area contributed by atoms with Crippen LogP contribution in [0.4, 0.5) is 0 Å². The van der Waals surface area contributed by atoms with Crippen molar-refractivity contribution < 1.29 is 19.2 Å². The quantitative estimate of drug-likeness (QED) is 0.730. The molecule has 1 saturated carbocycles. The van der Waals surface area contributed by atoms with Gasteiger partial charge < -0.3 is 16.0 Å². The highest BCUT2D eigenvalue weighted by Gasteiger charge is 2.41. The molecule has 7 heteroatoms. The maximum Gasteiger partial charge on any atom is 0.246 e. The van der Waals surface area contributed by atoms with Crippen LogP contribution in [0.3, 0.4) is 0 Å². The highest BCUT2D eigenvalue weighted by atomic mass is 16.2. The number of nitrogens with two attached hydrogens (primary N) is 1. The molecular weight excluding hydrogens is 322 g/mol. The van der Waals surface area contributed by atoms with Crippen LogP contribution in [0.2, 0.25) is 0 Å². The molecule has 3 N–H and O–H groups in total. The van der Waals surface area contributed by atoms with Gasteiger partial charge in [-0.3, -0.25) is 19.2 Å². The monoisotopic (exact) mass is 351 g/mol. The first-order chi connectivity index (χ1) is 11.8. The van der Waals surface area contributed by atoms with Crippen molar-refractivity contribution in [1.29, 1.82) is 0 Å². The van der Waals surface area contributed by atoms with Gasteiger partial charge >= 0.3 is 0 Å². The van der Waals surface area contributed by atoms with E-state index in [0.717, 1.165) is 6.42 Å². The van der Waals surface area contributed by atoms with Crippen molar-refractivity contribution in [2.45, 2.75) is 65.0 Å². The van der Waals surface area contributed by atoms with Gasteiger partial charge in [0.15, 0.2) is 0 Å². The van der Waals surface area contributed by atoms with Crippen LogP contribution in [0.15, 0.2) is 0 Å². The third kappa shape index (κ3) is 4.19. The summed E-state index contributed by atoms with van der Waals surface area (Å²) in [5.74, 6) is -1.36. The molecule has 1 heterocycles. The third-order valence-corrected chi connectivity index (χ3v) is 5.66. The van der Waals surface area contributed by atoms with Gasteiger partial charge in [0.05, 0.1) is 0 Å². The molecule has 2 fully saturated rings. The van der Waals surface area contributed by atoms with Crippen molar-refractivity contribution in [3.63, 3.8) is 0 Å². The van der Waals surface area contributed by atoms with Crippen LogP contribution < -0.4 is 11.1 Å². The number of primary amides is 1. The molecule has 0 radical (unpaired) electrons. The van der Waals surface area contributed by atoms with Crippen LogP contribution >= 0.6 is 0 Å². The summed E-state index contributed by atoms with van der Waals surface area (Å²) in [5, 5.41) is 2.86. The summed E-state index contributed by atoms with van der Waals surface area (Å²) >= 11 is 0. The third-order valence-electron chi connectivity index (χ3n) is 5.66. The lowest BCUT2D eigenvalue weighted by Crippen LogP contribution is -2.56. The lowest BCUT2D eigenvalue weighted by Gasteiger charge is -2.31. The number of carbonyl (C=O) groups excluding carboxylic acids is 4. The molecule has 0 aromatic heterocycles. The molecule has 7 nitrogen and oxygen atoms in total. The van der Waals surface area contributed by atoms with Crippen molar-refractivity contribution in [1.82, 2.24) is 10.2 Å². The van der Waals surface area contributed by atoms with Gasteiger partial charge in [-0.15, -0.1) is 0 Å². The van der Waals surface area contributed by atoms with Gasteiger partial charge in [-0.25, -0.2) is 0 Å². The van der Waals surface area contributed by atoms with Crippen molar-refractivity contribution >= 4 is 23.5 Å². The normalized spacial score (nSPS) is 28.7. The number of hydrogen-bond acceptors (Lipinski definition) is 4. The van der Waals surface area contributed by atoms with E-state index in [4.69, 9.17) is 5.73 Å². The molecule has 140 valence electrons. The van der Waals surface area contributed by atoms with E-state index in [0.29, 0.717) is 25.8 Å². The second-order valence-electron chi connectivity index (χ2n) is 7.49. The van der Waals surface area contributed by atoms with E-state index < -0.39 is 18.0 Å². The largest absolute Gasteiger partial charge is 0.368 e. The van der Waals surface area contributed by atoms with Gasteiger partial charge in [0.25, 0.3) is 0 Å². The SMILES string of the molecule is CC[C@H](C)[C@H](NC(=O)[C@@H]1CC(=O)C[C@@H]1C)C(=O)N1CCC[C@H]1C(N)=O. The van der Waals surface area contributed by atoms with E-state index in [9.17, 15) is 19.2 Å². The average molecular weight is 351 g/mol. The lowest BCUT2D eigenvalue weighted by molar-refractivity contribution is -0.142. The van der Waals surface area contributed by atoms with Crippen molar-refractivity contribution in [2.75, 3.05) is 6.54 Å². The number of likely N-dealkylation sites (tertiary alicyclic amines) is 1. The highest BCUT2D eigenvalue weighted by molar-refractivity contribution is 5.95. The van der Waals surface area contributed by atoms with E-state index in [-0.39, 0.29) is 41.8 Å². The van der Waals surface area contributed by atoms with E-state index in [1.807, 2.05) is 20.8 Å². The van der Waals surface area contributed by atoms with Crippen molar-refractivity contribution in [2.24, 2.45) is 23.5 Å². The molecular formula is C18H29N3O4. The molecule has 0 spiro atoms. The number of rotatable bonds is 6. The summed E-state index contributed by atoms with van der Waals surface area (Å²) in [6.07, 6.45) is 2.66. The molecule has 5 atom stereocenters. The smallest absolute Gasteiger partial charge is 0.246 e. The minimum absolute atomic E-state index is 0.00894. The Morgan fingerprint density at radius 2 is 2.00 bits per heavy atom. The lowest BCUT2D eigenvalue weighted by atomic mass is 9.93. The van der Waals surface area contributed by atoms with Crippen molar-refractivity contribution in [3.8, 4) is 0 Å². The summed E-state index contributed by atoms with van der Waals surface area (Å²) in [4.78, 5) is 50.3. The number of Topliss-reactive ketones (excluding diaryl/α,β-unsaturated/α-hetero) is 1. The van der Waals surface area contributed by atoms with Crippen LogP contribution in [0.25, 0.3) is 0 Å². The van der Waals surface area contributed by atoms with Crippen LogP contribution in [-0.4, -0.2) is 47.0 Å². The molecule has 3 amide bonds. The number of hydrogen-bond donors (Lipinski definition) is 2. The number of carbonyl (C=O) groups is 4. The highest BCUT2D eigenvalue weighted by Crippen LogP contribution is 2.29. The van der Waals surface area contributed by atoms with Gasteiger partial charge in [0, 0.05) is 25.3 Å². The molecule has 0 bridgehead atoms. The second-order valence-corrected chi connectivity index (χ2v) is 7.49. The first-order valence-electron chi connectivity index (χ1n) is 9.18. The van der Waals surface area contributed by atoms with E-state index >= 15 is 0 Å². The van der Waals surface area contributed by atoms with Crippen molar-refractivity contribution in [3.05, 3.63) is 0 Å². The average Bonchev–Trinajstić information content (AvgIpc) is 3.17. The van der Waals surface area contributed by atoms with E-state index in [2.05, 4.69) is 5.32 Å². The van der Waals surface area contributed by atoms with Gasteiger partial charge in [-0.05, 0) is 24.7 Å². The first kappa shape index (κ1) is 19.4. The first-order valence-corrected chi connectivity index (χ1v) is 9.18. The Balaban J connectivity index is 2.13. The van der Waals surface area contributed by atoms with Crippen LogP contribution in [0, 0.1) is 17.8 Å². The number of nitrogens with zero attached hydrogens (tertiary/aromatic N) is 1. The predicted octanol–water partition coefficient (Wildman–Crippen LogP) is 0.609. The van der Waals surface area contributed by atoms with Gasteiger partial charge in [0.1, 0.15) is 17.9 Å². The molecule has 1 aliphatic heterocycles. The zero-order chi connectivity index (χ0) is 18.7. The Hall–Kier alpha value is -1.92. The van der Waals surface area contributed by atoms with Crippen LogP contribution in [-0.2, 0) is 19.2 Å². The fourth-order valence-electron chi connectivity index (χ4n) is 3.83. The zero-order valence-corrected chi connectivity index (χ0v) is 15.3. The zero-order valence-electron chi connectivity index (χ0n) is 15.3. The Bertz CT molecular complexity index is 563. The summed E-state index contributed by atoms with van der Waals surface area (Å²) < 4.78 is 0. The Labute approximate surface area is 148 Å². The molecule has 1 saturated heterocycles. The van der Waals surface area contributed by atoms with E-state index in [1.165, 1.54) is 4.90 Å². The van der Waals surface area contributed by atoms with Crippen LogP contribution in [0.5, 0.6) is 0 Å². The predicted molar refractivity (Wildman–Crippen MR) is 92.2 cm³/mol. The van der Waals surface area contributed by atoms with Gasteiger partial charge in [0.2, 0.25) is 17.7 Å². The second kappa shape index (κ2) is 7.97. The topological polar surface area (TPSA) is 110 Å². The Morgan fingerprint density at radius 1 is 1.32 bits per heavy atom. The Kier molecular flexibility index (Phi) is 6.19. The molecule has 25 heavy (non-hydrogen) atoms. The molecule has 1 aliphatic carbocycles. The van der Waals surface area contributed by atoms with Gasteiger partial charge in [-0.2, -0.15) is 0 Å². The summed E-state index contributed by atoms with van der Waals surface area (Å²) in [7, 11) is 0. The molecule has 2 aliphatic rings. The summed E-state index contributed by atoms with van der Waals surface area (Å²) in [5.41, 5.74) is 5.41. The van der Waals surface area contributed by atoms with Gasteiger partial charge in [-0.1, -0.05) is 27.2 Å². The maximum absolute atomic E-state index is 13.0. The standard InChI is InChI=1S/C18H29N3O4/c1-4-10(2)15(18(25)21-7-5-6-14(21)16(19)23)20-17(24)13-9-12(22)8-11(13)3/h10-11,13-15H,4-9H2,1-3H3,(H2,19,23)(H,20,24)/t10-,11-,13+,14-,15-/m0/s1.